The van der Waals surface area contributed by atoms with Crippen molar-refractivity contribution in [2.45, 2.75) is 42.2 Å². The van der Waals surface area contributed by atoms with Gasteiger partial charge in [-0.25, -0.2) is 8.42 Å². The number of sulfonamides is 1. The largest absolute Gasteiger partial charge is 0.495 e. The van der Waals surface area contributed by atoms with E-state index in [4.69, 9.17) is 4.74 Å². The minimum absolute atomic E-state index is 0.0796. The summed E-state index contributed by atoms with van der Waals surface area (Å²) in [7, 11) is -2.60. The Labute approximate surface area is 202 Å². The highest BCUT2D eigenvalue weighted by Crippen LogP contribution is 2.34. The number of amides is 1. The zero-order valence-corrected chi connectivity index (χ0v) is 21.5. The Hall–Kier alpha value is -2.63. The maximum atomic E-state index is 13.6. The highest BCUT2D eigenvalue weighted by atomic mass is 32.2. The number of aromatic nitrogens is 2. The fraction of sp³-hybridized carbons (Fsp3) is 0.318. The van der Waals surface area contributed by atoms with Gasteiger partial charge < -0.3 is 4.74 Å². The first-order valence-electron chi connectivity index (χ1n) is 10.1. The number of carbonyl (C=O) groups is 1. The van der Waals surface area contributed by atoms with Gasteiger partial charge in [-0.05, 0) is 43.7 Å². The fourth-order valence-corrected chi connectivity index (χ4v) is 6.35. The molecule has 0 unspecified atom stereocenters. The van der Waals surface area contributed by atoms with Crippen LogP contribution in [0.4, 0.5) is 10.8 Å². The molecule has 0 atom stereocenters. The third kappa shape index (κ3) is 6.24. The van der Waals surface area contributed by atoms with Crippen molar-refractivity contribution in [1.29, 1.82) is 0 Å². The Morgan fingerprint density at radius 1 is 1.12 bits per heavy atom. The number of carbonyl (C=O) groups excluding carboxylic acids is 1. The van der Waals surface area contributed by atoms with E-state index in [0.29, 0.717) is 16.1 Å². The quantitative estimate of drug-likeness (QED) is 0.337. The highest BCUT2D eigenvalue weighted by Gasteiger charge is 2.30. The Morgan fingerprint density at radius 2 is 1.79 bits per heavy atom. The molecule has 1 amide bonds. The van der Waals surface area contributed by atoms with Crippen LogP contribution in [-0.2, 0) is 14.8 Å². The molecule has 8 nitrogen and oxygen atoms in total. The van der Waals surface area contributed by atoms with Crippen molar-refractivity contribution in [3.8, 4) is 5.75 Å². The SMILES string of the molecule is COc1ccc(C)cc1N(CC(=O)Nc1nnc(SC(C)C)s1)S(=O)(=O)c1ccc(C)cc1. The van der Waals surface area contributed by atoms with Gasteiger partial charge in [0, 0.05) is 5.25 Å². The summed E-state index contributed by atoms with van der Waals surface area (Å²) < 4.78 is 34.4. The molecule has 1 N–H and O–H groups in total. The minimum atomic E-state index is -4.06. The molecule has 0 aliphatic carbocycles. The number of methoxy groups -OCH3 is 1. The molecule has 3 rings (SSSR count). The van der Waals surface area contributed by atoms with Crippen molar-refractivity contribution in [3.05, 3.63) is 53.6 Å². The molecule has 11 heteroatoms. The Balaban J connectivity index is 1.95. The summed E-state index contributed by atoms with van der Waals surface area (Å²) in [5, 5.41) is 11.3. The smallest absolute Gasteiger partial charge is 0.264 e. The summed E-state index contributed by atoms with van der Waals surface area (Å²) >= 11 is 2.78. The van der Waals surface area contributed by atoms with Gasteiger partial charge in [0.25, 0.3) is 10.0 Å². The average molecular weight is 507 g/mol. The molecular weight excluding hydrogens is 480 g/mol. The number of thioether (sulfide) groups is 1. The minimum Gasteiger partial charge on any atom is -0.495 e. The van der Waals surface area contributed by atoms with Gasteiger partial charge >= 0.3 is 0 Å². The van der Waals surface area contributed by atoms with E-state index in [1.807, 2.05) is 33.8 Å². The molecule has 3 aromatic rings. The summed E-state index contributed by atoms with van der Waals surface area (Å²) in [6, 6.07) is 11.7. The standard InChI is InChI=1S/C22H26N4O4S3/c1-14(2)31-22-25-24-21(32-22)23-20(27)13-26(18-12-16(4)8-11-19(18)30-5)33(28,29)17-9-6-15(3)7-10-17/h6-12,14H,13H2,1-5H3,(H,23,24,27). The van der Waals surface area contributed by atoms with E-state index in [9.17, 15) is 13.2 Å². The third-order valence-electron chi connectivity index (χ3n) is 4.49. The van der Waals surface area contributed by atoms with Gasteiger partial charge in [0.2, 0.25) is 11.0 Å². The summed E-state index contributed by atoms with van der Waals surface area (Å²) in [6.07, 6.45) is 0. The topological polar surface area (TPSA) is 101 Å². The van der Waals surface area contributed by atoms with Crippen LogP contribution < -0.4 is 14.4 Å². The second kappa shape index (κ2) is 10.5. The lowest BCUT2D eigenvalue weighted by atomic mass is 10.2. The van der Waals surface area contributed by atoms with Gasteiger partial charge in [-0.3, -0.25) is 14.4 Å². The monoisotopic (exact) mass is 506 g/mol. The first-order chi connectivity index (χ1) is 15.6. The van der Waals surface area contributed by atoms with E-state index >= 15 is 0 Å². The number of nitrogens with zero attached hydrogens (tertiary/aromatic N) is 3. The van der Waals surface area contributed by atoms with Gasteiger partial charge in [0.15, 0.2) is 4.34 Å². The van der Waals surface area contributed by atoms with E-state index in [1.165, 1.54) is 42.3 Å². The number of hydrogen-bond acceptors (Lipinski definition) is 8. The lowest BCUT2D eigenvalue weighted by Crippen LogP contribution is -2.38. The van der Waals surface area contributed by atoms with Crippen molar-refractivity contribution in [2.24, 2.45) is 0 Å². The first-order valence-corrected chi connectivity index (χ1v) is 13.3. The molecule has 33 heavy (non-hydrogen) atoms. The molecule has 0 saturated heterocycles. The molecule has 0 bridgehead atoms. The molecule has 176 valence electrons. The van der Waals surface area contributed by atoms with E-state index in [1.54, 1.807) is 24.3 Å². The molecule has 2 aromatic carbocycles. The number of rotatable bonds is 9. The van der Waals surface area contributed by atoms with Crippen molar-refractivity contribution in [1.82, 2.24) is 10.2 Å². The highest BCUT2D eigenvalue weighted by molar-refractivity contribution is 8.01. The Kier molecular flexibility index (Phi) is 7.98. The van der Waals surface area contributed by atoms with Crippen LogP contribution >= 0.6 is 23.1 Å². The normalized spacial score (nSPS) is 11.5. The van der Waals surface area contributed by atoms with Gasteiger partial charge in [-0.1, -0.05) is 60.7 Å². The van der Waals surface area contributed by atoms with Crippen LogP contribution in [0.25, 0.3) is 0 Å². The third-order valence-corrected chi connectivity index (χ3v) is 8.19. The molecule has 0 fully saturated rings. The molecular formula is C22H26N4O4S3. The number of anilines is 2. The maximum Gasteiger partial charge on any atom is 0.264 e. The van der Waals surface area contributed by atoms with E-state index in [2.05, 4.69) is 15.5 Å². The lowest BCUT2D eigenvalue weighted by molar-refractivity contribution is -0.114. The molecule has 0 saturated carbocycles. The lowest BCUT2D eigenvalue weighted by Gasteiger charge is -2.26. The van der Waals surface area contributed by atoms with Gasteiger partial charge in [0.1, 0.15) is 12.3 Å². The van der Waals surface area contributed by atoms with Crippen LogP contribution in [0, 0.1) is 13.8 Å². The number of nitrogens with one attached hydrogen (secondary N) is 1. The van der Waals surface area contributed by atoms with Crippen molar-refractivity contribution >= 4 is 49.8 Å². The molecule has 0 aliphatic rings. The van der Waals surface area contributed by atoms with Crippen molar-refractivity contribution in [3.63, 3.8) is 0 Å². The van der Waals surface area contributed by atoms with Gasteiger partial charge in [-0.2, -0.15) is 0 Å². The number of hydrogen-bond donors (Lipinski definition) is 1. The predicted octanol–water partition coefficient (Wildman–Crippen LogP) is 4.50. The van der Waals surface area contributed by atoms with E-state index < -0.39 is 22.5 Å². The number of aryl methyl sites for hydroxylation is 2. The van der Waals surface area contributed by atoms with Crippen LogP contribution in [0.2, 0.25) is 0 Å². The Morgan fingerprint density at radius 3 is 2.42 bits per heavy atom. The zero-order valence-electron chi connectivity index (χ0n) is 19.0. The van der Waals surface area contributed by atoms with Gasteiger partial charge in [-0.15, -0.1) is 10.2 Å². The Bertz CT molecular complexity index is 1220. The molecule has 0 spiro atoms. The van der Waals surface area contributed by atoms with Crippen LogP contribution in [0.3, 0.4) is 0 Å². The maximum absolute atomic E-state index is 13.6. The van der Waals surface area contributed by atoms with Crippen LogP contribution in [-0.4, -0.2) is 43.4 Å². The molecule has 1 heterocycles. The fourth-order valence-electron chi connectivity index (χ4n) is 2.93. The van der Waals surface area contributed by atoms with E-state index in [-0.39, 0.29) is 10.6 Å². The first kappa shape index (κ1) is 25.0. The number of benzene rings is 2. The summed E-state index contributed by atoms with van der Waals surface area (Å²) in [4.78, 5) is 13.0. The molecule has 1 aromatic heterocycles. The zero-order chi connectivity index (χ0) is 24.2. The number of ether oxygens (including phenoxy) is 1. The second-order valence-corrected chi connectivity index (χ2v) is 12.3. The van der Waals surface area contributed by atoms with Crippen molar-refractivity contribution in [2.75, 3.05) is 23.3 Å². The molecule has 0 aliphatic heterocycles. The van der Waals surface area contributed by atoms with Crippen LogP contribution in [0.5, 0.6) is 5.75 Å². The second-order valence-electron chi connectivity index (χ2n) is 7.59. The summed E-state index contributed by atoms with van der Waals surface area (Å²) in [5.74, 6) is -0.192. The van der Waals surface area contributed by atoms with Crippen molar-refractivity contribution < 1.29 is 17.9 Å². The van der Waals surface area contributed by atoms with Gasteiger partial charge in [0.05, 0.1) is 17.7 Å². The van der Waals surface area contributed by atoms with Crippen LogP contribution in [0.15, 0.2) is 51.7 Å². The van der Waals surface area contributed by atoms with Crippen LogP contribution in [0.1, 0.15) is 25.0 Å². The molecule has 0 radical (unpaired) electrons. The summed E-state index contributed by atoms with van der Waals surface area (Å²) in [5.41, 5.74) is 2.04. The van der Waals surface area contributed by atoms with E-state index in [0.717, 1.165) is 19.8 Å². The summed E-state index contributed by atoms with van der Waals surface area (Å²) in [6.45, 7) is 7.33. The predicted molar refractivity (Wildman–Crippen MR) is 133 cm³/mol. The average Bonchev–Trinajstić information content (AvgIpc) is 3.18.